The van der Waals surface area contributed by atoms with Crippen LogP contribution >= 0.6 is 0 Å². The number of nitriles is 1. The van der Waals surface area contributed by atoms with Crippen molar-refractivity contribution >= 4 is 23.2 Å². The summed E-state index contributed by atoms with van der Waals surface area (Å²) in [5.41, 5.74) is 3.10. The van der Waals surface area contributed by atoms with Crippen molar-refractivity contribution in [3.63, 3.8) is 0 Å². The number of nitrogens with zero attached hydrogens (tertiary/aromatic N) is 3. The van der Waals surface area contributed by atoms with Gasteiger partial charge in [-0.05, 0) is 37.1 Å². The predicted molar refractivity (Wildman–Crippen MR) is 101 cm³/mol. The first kappa shape index (κ1) is 17.7. The minimum absolute atomic E-state index is 0.0110. The maximum absolute atomic E-state index is 12.9. The monoisotopic (exact) mass is 347 g/mol. The van der Waals surface area contributed by atoms with Crippen LogP contribution in [0.15, 0.2) is 48.5 Å². The highest BCUT2D eigenvalue weighted by atomic mass is 16.2. The summed E-state index contributed by atoms with van der Waals surface area (Å²) in [5, 5.41) is 9.28. The molecule has 1 unspecified atom stereocenters. The molecule has 132 valence electrons. The highest BCUT2D eigenvalue weighted by molar-refractivity contribution is 5.98. The molecule has 0 saturated carbocycles. The van der Waals surface area contributed by atoms with E-state index in [0.717, 1.165) is 12.1 Å². The Hall–Kier alpha value is -3.13. The van der Waals surface area contributed by atoms with Crippen molar-refractivity contribution in [2.45, 2.75) is 32.7 Å². The Morgan fingerprint density at radius 1 is 1.19 bits per heavy atom. The van der Waals surface area contributed by atoms with Gasteiger partial charge in [0.2, 0.25) is 11.8 Å². The molecule has 0 N–H and O–H groups in total. The summed E-state index contributed by atoms with van der Waals surface area (Å²) in [6.45, 7) is 3.73. The fraction of sp³-hybridized carbons (Fsp3) is 0.286. The smallest absolute Gasteiger partial charge is 0.229 e. The number of hydrogen-bond donors (Lipinski definition) is 0. The Morgan fingerprint density at radius 3 is 2.62 bits per heavy atom. The number of carbonyl (C=O) groups is 2. The van der Waals surface area contributed by atoms with E-state index in [2.05, 4.69) is 6.07 Å². The third-order valence-corrected chi connectivity index (χ3v) is 4.72. The highest BCUT2D eigenvalue weighted by Crippen LogP contribution is 2.32. The zero-order valence-electron chi connectivity index (χ0n) is 15.0. The largest absolute Gasteiger partial charge is 0.311 e. The van der Waals surface area contributed by atoms with Gasteiger partial charge in [-0.15, -0.1) is 0 Å². The average molecular weight is 347 g/mol. The summed E-state index contributed by atoms with van der Waals surface area (Å²) in [5.74, 6) is -0.196. The molecule has 0 aliphatic carbocycles. The third kappa shape index (κ3) is 3.31. The van der Waals surface area contributed by atoms with Gasteiger partial charge in [-0.25, -0.2) is 0 Å². The quantitative estimate of drug-likeness (QED) is 0.852. The number of benzene rings is 2. The SMILES string of the molecule is CC(=O)N(CCC(=O)N1c2ccccc2CC1C)c1ccccc1C#N. The molecule has 0 fully saturated rings. The van der Waals surface area contributed by atoms with Gasteiger partial charge >= 0.3 is 0 Å². The molecular weight excluding hydrogens is 326 g/mol. The van der Waals surface area contributed by atoms with Gasteiger partial charge in [0.25, 0.3) is 0 Å². The summed E-state index contributed by atoms with van der Waals surface area (Å²) in [4.78, 5) is 28.3. The molecule has 0 aromatic heterocycles. The second kappa shape index (κ2) is 7.40. The molecule has 2 aromatic carbocycles. The van der Waals surface area contributed by atoms with E-state index < -0.39 is 0 Å². The van der Waals surface area contributed by atoms with Gasteiger partial charge in [-0.1, -0.05) is 30.3 Å². The maximum atomic E-state index is 12.9. The van der Waals surface area contributed by atoms with Crippen LogP contribution in [0, 0.1) is 11.3 Å². The summed E-state index contributed by atoms with van der Waals surface area (Å²) in [7, 11) is 0. The van der Waals surface area contributed by atoms with Crippen LogP contribution in [0.1, 0.15) is 31.4 Å². The van der Waals surface area contributed by atoms with Crippen molar-refractivity contribution in [3.05, 3.63) is 59.7 Å². The van der Waals surface area contributed by atoms with E-state index in [9.17, 15) is 14.9 Å². The predicted octanol–water partition coefficient (Wildman–Crippen LogP) is 3.28. The Balaban J connectivity index is 1.77. The van der Waals surface area contributed by atoms with Crippen molar-refractivity contribution in [1.82, 2.24) is 0 Å². The first-order valence-electron chi connectivity index (χ1n) is 8.70. The van der Waals surface area contributed by atoms with E-state index in [0.29, 0.717) is 11.3 Å². The number of rotatable bonds is 4. The number of anilines is 2. The molecular formula is C21H21N3O2. The fourth-order valence-electron chi connectivity index (χ4n) is 3.52. The van der Waals surface area contributed by atoms with Gasteiger partial charge < -0.3 is 9.80 Å². The number of para-hydroxylation sites is 2. The second-order valence-electron chi connectivity index (χ2n) is 6.50. The molecule has 0 saturated heterocycles. The van der Waals surface area contributed by atoms with E-state index in [1.807, 2.05) is 36.1 Å². The lowest BCUT2D eigenvalue weighted by molar-refractivity contribution is -0.119. The highest BCUT2D eigenvalue weighted by Gasteiger charge is 2.30. The fourth-order valence-corrected chi connectivity index (χ4v) is 3.52. The van der Waals surface area contributed by atoms with Gasteiger partial charge in [0, 0.05) is 31.6 Å². The van der Waals surface area contributed by atoms with E-state index in [1.165, 1.54) is 17.4 Å². The summed E-state index contributed by atoms with van der Waals surface area (Å²) in [6.07, 6.45) is 1.05. The summed E-state index contributed by atoms with van der Waals surface area (Å²) < 4.78 is 0. The van der Waals surface area contributed by atoms with Gasteiger partial charge in [0.05, 0.1) is 11.3 Å². The molecule has 2 aromatic rings. The zero-order chi connectivity index (χ0) is 18.7. The Bertz CT molecular complexity index is 885. The van der Waals surface area contributed by atoms with Crippen LogP contribution in [-0.2, 0) is 16.0 Å². The molecule has 5 nitrogen and oxygen atoms in total. The van der Waals surface area contributed by atoms with Crippen molar-refractivity contribution in [3.8, 4) is 6.07 Å². The molecule has 1 atom stereocenters. The van der Waals surface area contributed by atoms with Gasteiger partial charge in [-0.3, -0.25) is 9.59 Å². The van der Waals surface area contributed by atoms with Gasteiger partial charge in [0.1, 0.15) is 6.07 Å². The molecule has 0 bridgehead atoms. The molecule has 1 heterocycles. The number of fused-ring (bicyclic) bond motifs is 1. The van der Waals surface area contributed by atoms with E-state index >= 15 is 0 Å². The summed E-state index contributed by atoms with van der Waals surface area (Å²) in [6, 6.07) is 17.1. The molecule has 3 rings (SSSR count). The molecule has 2 amide bonds. The lowest BCUT2D eigenvalue weighted by Crippen LogP contribution is -2.39. The molecule has 0 spiro atoms. The van der Waals surface area contributed by atoms with Gasteiger partial charge in [-0.2, -0.15) is 5.26 Å². The van der Waals surface area contributed by atoms with Crippen LogP contribution in [0.2, 0.25) is 0 Å². The Morgan fingerprint density at radius 2 is 1.88 bits per heavy atom. The van der Waals surface area contributed by atoms with Crippen LogP contribution in [0.25, 0.3) is 0 Å². The first-order valence-corrected chi connectivity index (χ1v) is 8.70. The molecule has 5 heteroatoms. The average Bonchev–Trinajstić information content (AvgIpc) is 2.97. The number of carbonyl (C=O) groups excluding carboxylic acids is 2. The minimum Gasteiger partial charge on any atom is -0.311 e. The molecule has 0 radical (unpaired) electrons. The van der Waals surface area contributed by atoms with Crippen molar-refractivity contribution in [2.75, 3.05) is 16.3 Å². The Kier molecular flexibility index (Phi) is 5.04. The zero-order valence-corrected chi connectivity index (χ0v) is 15.0. The van der Waals surface area contributed by atoms with Crippen LogP contribution in [0.4, 0.5) is 11.4 Å². The summed E-state index contributed by atoms with van der Waals surface area (Å²) >= 11 is 0. The van der Waals surface area contributed by atoms with E-state index in [-0.39, 0.29) is 30.8 Å². The second-order valence-corrected chi connectivity index (χ2v) is 6.50. The number of amides is 2. The molecule has 1 aliphatic heterocycles. The normalized spacial score (nSPS) is 15.3. The first-order chi connectivity index (χ1) is 12.5. The van der Waals surface area contributed by atoms with Crippen LogP contribution in [0.3, 0.4) is 0 Å². The molecule has 26 heavy (non-hydrogen) atoms. The van der Waals surface area contributed by atoms with Crippen molar-refractivity contribution < 1.29 is 9.59 Å². The number of hydrogen-bond acceptors (Lipinski definition) is 3. The Labute approximate surface area is 153 Å². The molecule has 1 aliphatic rings. The van der Waals surface area contributed by atoms with Crippen molar-refractivity contribution in [1.29, 1.82) is 5.26 Å². The minimum atomic E-state index is -0.185. The topological polar surface area (TPSA) is 64.4 Å². The lowest BCUT2D eigenvalue weighted by atomic mass is 10.1. The van der Waals surface area contributed by atoms with Crippen LogP contribution in [0.5, 0.6) is 0 Å². The van der Waals surface area contributed by atoms with Crippen molar-refractivity contribution in [2.24, 2.45) is 0 Å². The lowest BCUT2D eigenvalue weighted by Gasteiger charge is -2.26. The van der Waals surface area contributed by atoms with Crippen LogP contribution < -0.4 is 9.80 Å². The van der Waals surface area contributed by atoms with Crippen LogP contribution in [-0.4, -0.2) is 24.4 Å². The maximum Gasteiger partial charge on any atom is 0.229 e. The van der Waals surface area contributed by atoms with E-state index in [1.54, 1.807) is 24.3 Å². The van der Waals surface area contributed by atoms with E-state index in [4.69, 9.17) is 0 Å². The third-order valence-electron chi connectivity index (χ3n) is 4.72. The van der Waals surface area contributed by atoms with Gasteiger partial charge in [0.15, 0.2) is 0 Å². The standard InChI is InChI=1S/C21H21N3O2/c1-15-13-17-7-3-6-10-20(17)24(15)21(26)11-12-23(16(2)25)19-9-5-4-8-18(19)14-22/h3-10,15H,11-13H2,1-2H3.